The molecule has 3 aliphatic rings. The van der Waals surface area contributed by atoms with Crippen molar-refractivity contribution in [1.29, 1.82) is 0 Å². The molecule has 4 heteroatoms. The summed E-state index contributed by atoms with van der Waals surface area (Å²) < 4.78 is 11.4. The quantitative estimate of drug-likeness (QED) is 0.785. The molecule has 2 aliphatic heterocycles. The molecule has 1 saturated carbocycles. The molecule has 0 amide bonds. The molecule has 0 aromatic carbocycles. The first kappa shape index (κ1) is 11.9. The number of fused-ring (bicyclic) bond motifs is 1. The van der Waals surface area contributed by atoms with Crippen LogP contribution in [0.4, 0.5) is 0 Å². The van der Waals surface area contributed by atoms with E-state index in [2.05, 4.69) is 4.90 Å². The summed E-state index contributed by atoms with van der Waals surface area (Å²) in [5.41, 5.74) is 6.20. The molecular formula is C13H24N2O2. The summed E-state index contributed by atoms with van der Waals surface area (Å²) in [6.07, 6.45) is 5.47. The van der Waals surface area contributed by atoms with Crippen molar-refractivity contribution in [2.24, 2.45) is 11.1 Å². The summed E-state index contributed by atoms with van der Waals surface area (Å²) in [5, 5.41) is 0. The van der Waals surface area contributed by atoms with Crippen molar-refractivity contribution < 1.29 is 9.47 Å². The first-order valence-corrected chi connectivity index (χ1v) is 6.96. The maximum Gasteiger partial charge on any atom is 0.0730 e. The van der Waals surface area contributed by atoms with Crippen molar-refractivity contribution >= 4 is 0 Å². The van der Waals surface area contributed by atoms with E-state index in [1.54, 1.807) is 0 Å². The second-order valence-electron chi connectivity index (χ2n) is 5.88. The summed E-state index contributed by atoms with van der Waals surface area (Å²) in [7, 11) is 0. The van der Waals surface area contributed by atoms with Gasteiger partial charge < -0.3 is 15.2 Å². The molecule has 3 atom stereocenters. The third-order valence-corrected chi connectivity index (χ3v) is 4.75. The van der Waals surface area contributed by atoms with E-state index >= 15 is 0 Å². The van der Waals surface area contributed by atoms with Crippen molar-refractivity contribution in [2.75, 3.05) is 39.5 Å². The number of nitrogens with two attached hydrogens (primary N) is 1. The van der Waals surface area contributed by atoms with Crippen LogP contribution in [0.15, 0.2) is 0 Å². The average molecular weight is 240 g/mol. The van der Waals surface area contributed by atoms with Crippen LogP contribution in [0.1, 0.15) is 25.7 Å². The zero-order valence-corrected chi connectivity index (χ0v) is 10.6. The Morgan fingerprint density at radius 1 is 1.29 bits per heavy atom. The van der Waals surface area contributed by atoms with E-state index in [1.165, 1.54) is 19.3 Å². The Balaban J connectivity index is 1.66. The first-order valence-electron chi connectivity index (χ1n) is 6.96. The average Bonchev–Trinajstić information content (AvgIpc) is 2.98. The summed E-state index contributed by atoms with van der Waals surface area (Å²) in [6, 6.07) is 0.646. The third kappa shape index (κ3) is 2.24. The minimum atomic E-state index is 0.213. The highest BCUT2D eigenvalue weighted by atomic mass is 16.5. The molecule has 17 heavy (non-hydrogen) atoms. The highest BCUT2D eigenvalue weighted by Gasteiger charge is 2.41. The van der Waals surface area contributed by atoms with Gasteiger partial charge in [-0.05, 0) is 25.7 Å². The molecular weight excluding hydrogens is 216 g/mol. The Morgan fingerprint density at radius 3 is 3.00 bits per heavy atom. The molecule has 0 radical (unpaired) electrons. The lowest BCUT2D eigenvalue weighted by molar-refractivity contribution is -0.0684. The first-order chi connectivity index (χ1) is 8.33. The van der Waals surface area contributed by atoms with Crippen LogP contribution in [0.5, 0.6) is 0 Å². The van der Waals surface area contributed by atoms with Crippen LogP contribution in [-0.4, -0.2) is 56.5 Å². The second-order valence-corrected chi connectivity index (χ2v) is 5.88. The number of hydrogen-bond acceptors (Lipinski definition) is 4. The van der Waals surface area contributed by atoms with E-state index in [4.69, 9.17) is 15.2 Å². The molecule has 98 valence electrons. The summed E-state index contributed by atoms with van der Waals surface area (Å²) in [4.78, 5) is 2.63. The van der Waals surface area contributed by atoms with Crippen LogP contribution in [0, 0.1) is 5.41 Å². The molecule has 0 spiro atoms. The van der Waals surface area contributed by atoms with E-state index in [0.29, 0.717) is 12.1 Å². The van der Waals surface area contributed by atoms with Gasteiger partial charge in [-0.25, -0.2) is 0 Å². The zero-order chi connectivity index (χ0) is 11.7. The summed E-state index contributed by atoms with van der Waals surface area (Å²) in [5.74, 6) is 0. The predicted molar refractivity (Wildman–Crippen MR) is 65.9 cm³/mol. The lowest BCUT2D eigenvalue weighted by Gasteiger charge is -2.42. The van der Waals surface area contributed by atoms with Crippen molar-refractivity contribution in [3.05, 3.63) is 0 Å². The minimum Gasteiger partial charge on any atom is -0.381 e. The van der Waals surface area contributed by atoms with Gasteiger partial charge in [0.1, 0.15) is 0 Å². The van der Waals surface area contributed by atoms with Crippen LogP contribution >= 0.6 is 0 Å². The van der Waals surface area contributed by atoms with Gasteiger partial charge in [0.05, 0.1) is 19.3 Å². The SMILES string of the molecule is NCC1(CN2CCOC3CCCC32)CCOC1. The fraction of sp³-hybridized carbons (Fsp3) is 1.00. The molecule has 2 saturated heterocycles. The fourth-order valence-electron chi connectivity index (χ4n) is 3.63. The summed E-state index contributed by atoms with van der Waals surface area (Å²) in [6.45, 7) is 5.55. The number of ether oxygens (including phenoxy) is 2. The van der Waals surface area contributed by atoms with Crippen LogP contribution in [0.3, 0.4) is 0 Å². The molecule has 3 unspecified atom stereocenters. The van der Waals surface area contributed by atoms with Gasteiger partial charge in [0.15, 0.2) is 0 Å². The van der Waals surface area contributed by atoms with Crippen molar-refractivity contribution in [1.82, 2.24) is 4.90 Å². The van der Waals surface area contributed by atoms with Gasteiger partial charge in [-0.3, -0.25) is 4.90 Å². The predicted octanol–water partition coefficient (Wildman–Crippen LogP) is 0.605. The van der Waals surface area contributed by atoms with E-state index in [-0.39, 0.29) is 5.41 Å². The Hall–Kier alpha value is -0.160. The zero-order valence-electron chi connectivity index (χ0n) is 10.6. The minimum absolute atomic E-state index is 0.213. The normalized spacial score (nSPS) is 42.9. The van der Waals surface area contributed by atoms with Gasteiger partial charge in [-0.1, -0.05) is 0 Å². The largest absolute Gasteiger partial charge is 0.381 e. The number of rotatable bonds is 3. The molecule has 2 heterocycles. The Kier molecular flexibility index (Phi) is 3.39. The molecule has 1 aliphatic carbocycles. The molecule has 3 fully saturated rings. The maximum absolute atomic E-state index is 5.99. The molecule has 2 N–H and O–H groups in total. The second kappa shape index (κ2) is 4.84. The number of hydrogen-bond donors (Lipinski definition) is 1. The van der Waals surface area contributed by atoms with Crippen molar-refractivity contribution in [3.8, 4) is 0 Å². The monoisotopic (exact) mass is 240 g/mol. The third-order valence-electron chi connectivity index (χ3n) is 4.75. The Labute approximate surface area is 103 Å². The number of nitrogens with zero attached hydrogens (tertiary/aromatic N) is 1. The lowest BCUT2D eigenvalue weighted by atomic mass is 9.86. The standard InChI is InChI=1S/C13H24N2O2/c14-8-13(4-6-16-10-13)9-15-5-7-17-12-3-1-2-11(12)15/h11-12H,1-10,14H2. The highest BCUT2D eigenvalue weighted by molar-refractivity contribution is 4.94. The van der Waals surface area contributed by atoms with Crippen LogP contribution in [0.2, 0.25) is 0 Å². The Morgan fingerprint density at radius 2 is 2.24 bits per heavy atom. The highest BCUT2D eigenvalue weighted by Crippen LogP contribution is 2.34. The molecule has 4 nitrogen and oxygen atoms in total. The van der Waals surface area contributed by atoms with Gasteiger partial charge >= 0.3 is 0 Å². The van der Waals surface area contributed by atoms with E-state index in [0.717, 1.165) is 45.9 Å². The number of morpholine rings is 1. The fourth-order valence-corrected chi connectivity index (χ4v) is 3.63. The Bertz CT molecular complexity index is 266. The van der Waals surface area contributed by atoms with Crippen molar-refractivity contribution in [2.45, 2.75) is 37.8 Å². The van der Waals surface area contributed by atoms with E-state index < -0.39 is 0 Å². The molecule has 0 aromatic rings. The van der Waals surface area contributed by atoms with Crippen LogP contribution < -0.4 is 5.73 Å². The molecule has 3 rings (SSSR count). The maximum atomic E-state index is 5.99. The van der Waals surface area contributed by atoms with E-state index in [9.17, 15) is 0 Å². The topological polar surface area (TPSA) is 47.7 Å². The lowest BCUT2D eigenvalue weighted by Crippen LogP contribution is -2.54. The van der Waals surface area contributed by atoms with Gasteiger partial charge in [-0.15, -0.1) is 0 Å². The summed E-state index contributed by atoms with van der Waals surface area (Å²) >= 11 is 0. The molecule has 0 aromatic heterocycles. The van der Waals surface area contributed by atoms with Crippen molar-refractivity contribution in [3.63, 3.8) is 0 Å². The van der Waals surface area contributed by atoms with Gasteiger partial charge in [-0.2, -0.15) is 0 Å². The van der Waals surface area contributed by atoms with Gasteiger partial charge in [0, 0.05) is 37.7 Å². The van der Waals surface area contributed by atoms with Gasteiger partial charge in [0.25, 0.3) is 0 Å². The van der Waals surface area contributed by atoms with Gasteiger partial charge in [0.2, 0.25) is 0 Å². The van der Waals surface area contributed by atoms with E-state index in [1.807, 2.05) is 0 Å². The van der Waals surface area contributed by atoms with Crippen LogP contribution in [0.25, 0.3) is 0 Å². The van der Waals surface area contributed by atoms with Crippen LogP contribution in [-0.2, 0) is 9.47 Å². The molecule has 0 bridgehead atoms. The smallest absolute Gasteiger partial charge is 0.0730 e.